The second-order valence-corrected chi connectivity index (χ2v) is 7.19. The van der Waals surface area contributed by atoms with Crippen molar-refractivity contribution < 1.29 is 9.59 Å². The van der Waals surface area contributed by atoms with Crippen molar-refractivity contribution in [2.24, 2.45) is 11.7 Å². The summed E-state index contributed by atoms with van der Waals surface area (Å²) < 4.78 is 0. The molecule has 1 aliphatic rings. The van der Waals surface area contributed by atoms with Crippen molar-refractivity contribution in [1.82, 2.24) is 10.6 Å². The molecule has 1 aromatic rings. The molecule has 5 nitrogen and oxygen atoms in total. The molecule has 0 saturated heterocycles. The lowest BCUT2D eigenvalue weighted by atomic mass is 9.87. The molecule has 25 heavy (non-hydrogen) atoms. The number of carbonyl (C=O) groups is 2. The van der Waals surface area contributed by atoms with Gasteiger partial charge in [-0.15, -0.1) is 12.4 Å². The summed E-state index contributed by atoms with van der Waals surface area (Å²) in [4.78, 5) is 24.3. The third-order valence-corrected chi connectivity index (χ3v) is 4.85. The molecule has 140 valence electrons. The van der Waals surface area contributed by atoms with Gasteiger partial charge in [-0.3, -0.25) is 9.59 Å². The Labute approximate surface area is 156 Å². The van der Waals surface area contributed by atoms with Crippen LogP contribution in [-0.2, 0) is 15.1 Å². The second-order valence-electron chi connectivity index (χ2n) is 7.19. The highest BCUT2D eigenvalue weighted by Gasteiger charge is 2.37. The molecule has 1 aromatic carbocycles. The van der Waals surface area contributed by atoms with Crippen molar-refractivity contribution in [1.29, 1.82) is 0 Å². The molecule has 0 bridgehead atoms. The van der Waals surface area contributed by atoms with E-state index in [2.05, 4.69) is 35.8 Å². The summed E-state index contributed by atoms with van der Waals surface area (Å²) in [6.07, 6.45) is 4.06. The molecule has 0 spiro atoms. The number of benzene rings is 1. The number of halogens is 1. The Morgan fingerprint density at radius 2 is 1.88 bits per heavy atom. The highest BCUT2D eigenvalue weighted by molar-refractivity contribution is 5.87. The Morgan fingerprint density at radius 1 is 1.24 bits per heavy atom. The van der Waals surface area contributed by atoms with Crippen molar-refractivity contribution in [3.63, 3.8) is 0 Å². The Hall–Kier alpha value is -1.59. The smallest absolute Gasteiger partial charge is 0.240 e. The van der Waals surface area contributed by atoms with Gasteiger partial charge in [-0.05, 0) is 31.2 Å². The van der Waals surface area contributed by atoms with Crippen molar-refractivity contribution in [2.45, 2.75) is 58.0 Å². The first-order valence-electron chi connectivity index (χ1n) is 8.75. The number of carbonyl (C=O) groups excluding carboxylic acids is 2. The van der Waals surface area contributed by atoms with Gasteiger partial charge in [-0.25, -0.2) is 0 Å². The van der Waals surface area contributed by atoms with E-state index in [4.69, 9.17) is 5.73 Å². The van der Waals surface area contributed by atoms with E-state index in [-0.39, 0.29) is 42.2 Å². The van der Waals surface area contributed by atoms with Crippen LogP contribution in [0.1, 0.15) is 50.7 Å². The maximum Gasteiger partial charge on any atom is 0.240 e. The molecular formula is C19H30ClN3O2. The summed E-state index contributed by atoms with van der Waals surface area (Å²) in [6.45, 7) is 5.79. The standard InChI is InChI=1S/C19H29N3O2.ClH/c1-13(2)17(20)18(24)21-12-16(23)22-19(9-4-5-10-19)15-8-6-7-14(3)11-15;/h6-8,11,13,17H,4-5,9-10,12,20H2,1-3H3,(H,21,24)(H,22,23);1H/t17-;/m0./s1. The molecule has 0 aromatic heterocycles. The van der Waals surface area contributed by atoms with Crippen LogP contribution in [0.25, 0.3) is 0 Å². The summed E-state index contributed by atoms with van der Waals surface area (Å²) in [5, 5.41) is 5.81. The average Bonchev–Trinajstić information content (AvgIpc) is 3.01. The summed E-state index contributed by atoms with van der Waals surface area (Å²) in [7, 11) is 0. The number of amides is 2. The quantitative estimate of drug-likeness (QED) is 0.721. The van der Waals surface area contributed by atoms with Crippen molar-refractivity contribution in [3.05, 3.63) is 35.4 Å². The topological polar surface area (TPSA) is 84.2 Å². The molecular weight excluding hydrogens is 338 g/mol. The van der Waals surface area contributed by atoms with Crippen molar-refractivity contribution in [2.75, 3.05) is 6.54 Å². The zero-order valence-corrected chi connectivity index (χ0v) is 16.1. The fourth-order valence-corrected chi connectivity index (χ4v) is 3.31. The second kappa shape index (κ2) is 9.20. The number of hydrogen-bond acceptors (Lipinski definition) is 3. The molecule has 0 aliphatic heterocycles. The van der Waals surface area contributed by atoms with Gasteiger partial charge in [0.1, 0.15) is 0 Å². The molecule has 1 aliphatic carbocycles. The number of nitrogens with one attached hydrogen (secondary N) is 2. The largest absolute Gasteiger partial charge is 0.346 e. The molecule has 0 radical (unpaired) electrons. The van der Waals surface area contributed by atoms with Crippen LogP contribution in [0.3, 0.4) is 0 Å². The van der Waals surface area contributed by atoms with Gasteiger partial charge in [0.2, 0.25) is 11.8 Å². The Balaban J connectivity index is 0.00000312. The predicted octanol–water partition coefficient (Wildman–Crippen LogP) is 2.40. The third-order valence-electron chi connectivity index (χ3n) is 4.85. The highest BCUT2D eigenvalue weighted by atomic mass is 35.5. The van der Waals surface area contributed by atoms with E-state index in [1.165, 1.54) is 5.56 Å². The van der Waals surface area contributed by atoms with E-state index >= 15 is 0 Å². The number of nitrogens with two attached hydrogens (primary N) is 1. The first-order chi connectivity index (χ1) is 11.3. The van der Waals surface area contributed by atoms with Crippen LogP contribution >= 0.6 is 12.4 Å². The number of rotatable bonds is 6. The van der Waals surface area contributed by atoms with Gasteiger partial charge >= 0.3 is 0 Å². The van der Waals surface area contributed by atoms with Crippen LogP contribution in [0.4, 0.5) is 0 Å². The molecule has 6 heteroatoms. The normalized spacial score (nSPS) is 16.8. The first-order valence-corrected chi connectivity index (χ1v) is 8.75. The molecule has 1 saturated carbocycles. The monoisotopic (exact) mass is 367 g/mol. The molecule has 1 fully saturated rings. The van der Waals surface area contributed by atoms with Gasteiger partial charge in [-0.1, -0.05) is 56.5 Å². The predicted molar refractivity (Wildman–Crippen MR) is 103 cm³/mol. The SMILES string of the molecule is Cc1cccc(C2(NC(=O)CNC(=O)[C@@H](N)C(C)C)CCCC2)c1.Cl. The van der Waals surface area contributed by atoms with E-state index in [0.29, 0.717) is 0 Å². The number of hydrogen-bond donors (Lipinski definition) is 3. The first kappa shape index (κ1) is 21.5. The maximum atomic E-state index is 12.4. The van der Waals surface area contributed by atoms with E-state index in [0.717, 1.165) is 31.2 Å². The van der Waals surface area contributed by atoms with E-state index in [9.17, 15) is 9.59 Å². The van der Waals surface area contributed by atoms with Gasteiger partial charge in [-0.2, -0.15) is 0 Å². The van der Waals surface area contributed by atoms with Crippen LogP contribution in [-0.4, -0.2) is 24.4 Å². The van der Waals surface area contributed by atoms with Gasteiger partial charge in [0, 0.05) is 0 Å². The molecule has 2 amide bonds. The van der Waals surface area contributed by atoms with Crippen LogP contribution in [0, 0.1) is 12.8 Å². The number of aryl methyl sites for hydroxylation is 1. The van der Waals surface area contributed by atoms with Crippen LogP contribution in [0.5, 0.6) is 0 Å². The molecule has 0 heterocycles. The van der Waals surface area contributed by atoms with E-state index in [1.54, 1.807) is 0 Å². The van der Waals surface area contributed by atoms with Crippen LogP contribution in [0.2, 0.25) is 0 Å². The van der Waals surface area contributed by atoms with Gasteiger partial charge in [0.25, 0.3) is 0 Å². The minimum Gasteiger partial charge on any atom is -0.346 e. The zero-order valence-electron chi connectivity index (χ0n) is 15.3. The molecule has 4 N–H and O–H groups in total. The van der Waals surface area contributed by atoms with Crippen molar-refractivity contribution >= 4 is 24.2 Å². The highest BCUT2D eigenvalue weighted by Crippen LogP contribution is 2.38. The fraction of sp³-hybridized carbons (Fsp3) is 0.579. The van der Waals surface area contributed by atoms with E-state index < -0.39 is 6.04 Å². The zero-order chi connectivity index (χ0) is 17.7. The third kappa shape index (κ3) is 5.44. The van der Waals surface area contributed by atoms with Gasteiger partial charge in [0.15, 0.2) is 0 Å². The van der Waals surface area contributed by atoms with Crippen molar-refractivity contribution in [3.8, 4) is 0 Å². The minimum absolute atomic E-state index is 0. The van der Waals surface area contributed by atoms with Crippen LogP contribution in [0.15, 0.2) is 24.3 Å². The summed E-state index contributed by atoms with van der Waals surface area (Å²) in [6, 6.07) is 7.71. The molecule has 0 unspecified atom stereocenters. The Kier molecular flexibility index (Phi) is 7.90. The lowest BCUT2D eigenvalue weighted by Crippen LogP contribution is -2.51. The van der Waals surface area contributed by atoms with E-state index in [1.807, 2.05) is 19.9 Å². The summed E-state index contributed by atoms with van der Waals surface area (Å²) in [5.41, 5.74) is 7.82. The maximum absolute atomic E-state index is 12.4. The molecule has 1 atom stereocenters. The lowest BCUT2D eigenvalue weighted by Gasteiger charge is -2.31. The lowest BCUT2D eigenvalue weighted by molar-refractivity contribution is -0.128. The summed E-state index contributed by atoms with van der Waals surface area (Å²) >= 11 is 0. The fourth-order valence-electron chi connectivity index (χ4n) is 3.31. The Morgan fingerprint density at radius 3 is 2.44 bits per heavy atom. The van der Waals surface area contributed by atoms with Gasteiger partial charge < -0.3 is 16.4 Å². The average molecular weight is 368 g/mol. The van der Waals surface area contributed by atoms with Crippen LogP contribution < -0.4 is 16.4 Å². The summed E-state index contributed by atoms with van der Waals surface area (Å²) in [5.74, 6) is -0.402. The molecule has 2 rings (SSSR count). The minimum atomic E-state index is -0.588. The Bertz CT molecular complexity index is 598. The van der Waals surface area contributed by atoms with Gasteiger partial charge in [0.05, 0.1) is 18.1 Å².